The molecule has 0 heterocycles. The summed E-state index contributed by atoms with van der Waals surface area (Å²) in [6.07, 6.45) is -3.39. The van der Waals surface area contributed by atoms with Gasteiger partial charge in [0.15, 0.2) is 0 Å². The Morgan fingerprint density at radius 3 is 2.33 bits per heavy atom. The van der Waals surface area contributed by atoms with Gasteiger partial charge in [-0.05, 0) is 53.4 Å². The first-order chi connectivity index (χ1) is 9.66. The highest BCUT2D eigenvalue weighted by Gasteiger charge is 2.46. The number of hydrogen-bond acceptors (Lipinski definition) is 2. The predicted octanol–water partition coefficient (Wildman–Crippen LogP) is 3.21. The van der Waals surface area contributed by atoms with Crippen LogP contribution in [0.15, 0.2) is 22.7 Å². The van der Waals surface area contributed by atoms with Crippen molar-refractivity contribution in [3.8, 4) is 0 Å². The number of rotatable bonds is 3. The van der Waals surface area contributed by atoms with Crippen LogP contribution in [0.4, 0.5) is 13.2 Å². The molecule has 1 aromatic carbocycles. The van der Waals surface area contributed by atoms with Gasteiger partial charge in [0.1, 0.15) is 5.54 Å². The van der Waals surface area contributed by atoms with Gasteiger partial charge in [-0.2, -0.15) is 13.2 Å². The molecule has 0 aliphatic heterocycles. The minimum Gasteiger partial charge on any atom is -0.480 e. The van der Waals surface area contributed by atoms with Crippen LogP contribution in [0, 0.1) is 0 Å². The standard InChI is InChI=1S/C13H11BrF3NO3/c14-9-3-2-7(13(15,16)17)6-8(9)10(19)18-12(11(20)21)4-1-5-12/h2-3,6H,1,4-5H2,(H,18,19)(H,20,21). The SMILES string of the molecule is O=C(NC1(C(=O)O)CCC1)c1cc(C(F)(F)F)ccc1Br. The number of carboxylic acids is 1. The number of halogens is 4. The van der Waals surface area contributed by atoms with Crippen LogP contribution in [-0.2, 0) is 11.0 Å². The number of amides is 1. The number of nitrogens with one attached hydrogen (secondary N) is 1. The fourth-order valence-corrected chi connectivity index (χ4v) is 2.51. The number of carbonyl (C=O) groups excluding carboxylic acids is 1. The van der Waals surface area contributed by atoms with E-state index in [0.717, 1.165) is 12.1 Å². The highest BCUT2D eigenvalue weighted by molar-refractivity contribution is 9.10. The molecule has 0 unspecified atom stereocenters. The van der Waals surface area contributed by atoms with Crippen LogP contribution in [0.2, 0.25) is 0 Å². The lowest BCUT2D eigenvalue weighted by Gasteiger charge is -2.38. The van der Waals surface area contributed by atoms with Crippen molar-refractivity contribution in [1.82, 2.24) is 5.32 Å². The highest BCUT2D eigenvalue weighted by atomic mass is 79.9. The Labute approximate surface area is 126 Å². The Hall–Kier alpha value is -1.57. The van der Waals surface area contributed by atoms with E-state index in [4.69, 9.17) is 5.11 Å². The average Bonchev–Trinajstić information content (AvgIpc) is 2.32. The van der Waals surface area contributed by atoms with Crippen LogP contribution in [-0.4, -0.2) is 22.5 Å². The normalized spacial score (nSPS) is 17.0. The van der Waals surface area contributed by atoms with E-state index in [1.54, 1.807) is 0 Å². The summed E-state index contributed by atoms with van der Waals surface area (Å²) in [4.78, 5) is 23.3. The first-order valence-corrected chi connectivity index (χ1v) is 6.88. The summed E-state index contributed by atoms with van der Waals surface area (Å²) < 4.78 is 38.2. The van der Waals surface area contributed by atoms with Crippen LogP contribution < -0.4 is 5.32 Å². The van der Waals surface area contributed by atoms with E-state index >= 15 is 0 Å². The summed E-state index contributed by atoms with van der Waals surface area (Å²) in [6.45, 7) is 0. The predicted molar refractivity (Wildman–Crippen MR) is 70.8 cm³/mol. The van der Waals surface area contributed by atoms with Crippen LogP contribution in [0.3, 0.4) is 0 Å². The minimum atomic E-state index is -4.57. The van der Waals surface area contributed by atoms with E-state index in [2.05, 4.69) is 21.2 Å². The molecule has 1 aromatic rings. The lowest BCUT2D eigenvalue weighted by atomic mass is 9.76. The molecule has 1 fully saturated rings. The first-order valence-electron chi connectivity index (χ1n) is 6.08. The molecule has 8 heteroatoms. The Bertz CT molecular complexity index is 597. The monoisotopic (exact) mass is 365 g/mol. The zero-order valence-electron chi connectivity index (χ0n) is 10.6. The molecule has 0 spiro atoms. The number of benzene rings is 1. The summed E-state index contributed by atoms with van der Waals surface area (Å²) in [5.74, 6) is -2.01. The second-order valence-corrected chi connectivity index (χ2v) is 5.74. The smallest absolute Gasteiger partial charge is 0.416 e. The molecular formula is C13H11BrF3NO3. The van der Waals surface area contributed by atoms with Gasteiger partial charge < -0.3 is 10.4 Å². The van der Waals surface area contributed by atoms with E-state index in [9.17, 15) is 22.8 Å². The third-order valence-corrected chi connectivity index (χ3v) is 4.20. The van der Waals surface area contributed by atoms with Crippen molar-refractivity contribution in [2.45, 2.75) is 31.0 Å². The Morgan fingerprint density at radius 2 is 1.90 bits per heavy atom. The minimum absolute atomic E-state index is 0.174. The van der Waals surface area contributed by atoms with Gasteiger partial charge in [-0.3, -0.25) is 4.79 Å². The van der Waals surface area contributed by atoms with E-state index in [1.165, 1.54) is 0 Å². The summed E-state index contributed by atoms with van der Waals surface area (Å²) in [5, 5.41) is 11.5. The van der Waals surface area contributed by atoms with Gasteiger partial charge in [-0.15, -0.1) is 0 Å². The third kappa shape index (κ3) is 3.04. The molecular weight excluding hydrogens is 355 g/mol. The van der Waals surface area contributed by atoms with Crippen LogP contribution >= 0.6 is 15.9 Å². The second-order valence-electron chi connectivity index (χ2n) is 4.89. The second kappa shape index (κ2) is 5.32. The Balaban J connectivity index is 2.29. The molecule has 0 bridgehead atoms. The first kappa shape index (κ1) is 15.8. The molecule has 1 amide bonds. The van der Waals surface area contributed by atoms with Crippen molar-refractivity contribution in [2.75, 3.05) is 0 Å². The summed E-state index contributed by atoms with van der Waals surface area (Å²) in [7, 11) is 0. The molecule has 2 rings (SSSR count). The van der Waals surface area contributed by atoms with Gasteiger partial charge in [-0.1, -0.05) is 0 Å². The van der Waals surface area contributed by atoms with E-state index in [0.29, 0.717) is 12.5 Å². The molecule has 1 aliphatic rings. The van der Waals surface area contributed by atoms with Crippen molar-refractivity contribution in [3.05, 3.63) is 33.8 Å². The van der Waals surface area contributed by atoms with E-state index in [-0.39, 0.29) is 22.9 Å². The number of carbonyl (C=O) groups is 2. The van der Waals surface area contributed by atoms with Gasteiger partial charge in [0.05, 0.1) is 11.1 Å². The zero-order chi connectivity index (χ0) is 15.8. The number of aliphatic carboxylic acids is 1. The van der Waals surface area contributed by atoms with Gasteiger partial charge in [0.2, 0.25) is 0 Å². The quantitative estimate of drug-likeness (QED) is 0.864. The molecule has 21 heavy (non-hydrogen) atoms. The molecule has 0 aromatic heterocycles. The molecule has 0 atom stereocenters. The largest absolute Gasteiger partial charge is 0.480 e. The van der Waals surface area contributed by atoms with Crippen molar-refractivity contribution >= 4 is 27.8 Å². The maximum atomic E-state index is 12.7. The average molecular weight is 366 g/mol. The zero-order valence-corrected chi connectivity index (χ0v) is 12.2. The van der Waals surface area contributed by atoms with Crippen LogP contribution in [0.1, 0.15) is 35.2 Å². The van der Waals surface area contributed by atoms with E-state index < -0.39 is 29.2 Å². The molecule has 1 aliphatic carbocycles. The van der Waals surface area contributed by atoms with Crippen molar-refractivity contribution < 1.29 is 27.9 Å². The molecule has 1 saturated carbocycles. The fraction of sp³-hybridized carbons (Fsp3) is 0.385. The van der Waals surface area contributed by atoms with Gasteiger partial charge in [0, 0.05) is 4.47 Å². The maximum absolute atomic E-state index is 12.7. The molecule has 4 nitrogen and oxygen atoms in total. The Kier molecular flexibility index (Phi) is 4.01. The fourth-order valence-electron chi connectivity index (χ4n) is 2.08. The molecule has 0 radical (unpaired) electrons. The van der Waals surface area contributed by atoms with Crippen molar-refractivity contribution in [2.24, 2.45) is 0 Å². The molecule has 114 valence electrons. The van der Waals surface area contributed by atoms with Crippen molar-refractivity contribution in [3.63, 3.8) is 0 Å². The topological polar surface area (TPSA) is 66.4 Å². The lowest BCUT2D eigenvalue weighted by Crippen LogP contribution is -2.59. The summed E-state index contributed by atoms with van der Waals surface area (Å²) in [6, 6.07) is 2.66. The van der Waals surface area contributed by atoms with Gasteiger partial charge in [-0.25, -0.2) is 4.79 Å². The van der Waals surface area contributed by atoms with Crippen LogP contribution in [0.5, 0.6) is 0 Å². The maximum Gasteiger partial charge on any atom is 0.416 e. The van der Waals surface area contributed by atoms with Gasteiger partial charge in [0.25, 0.3) is 5.91 Å². The van der Waals surface area contributed by atoms with Crippen LogP contribution in [0.25, 0.3) is 0 Å². The van der Waals surface area contributed by atoms with E-state index in [1.807, 2.05) is 0 Å². The number of carboxylic acid groups (broad SMARTS) is 1. The van der Waals surface area contributed by atoms with Gasteiger partial charge >= 0.3 is 12.1 Å². The third-order valence-electron chi connectivity index (χ3n) is 3.51. The Morgan fingerprint density at radius 1 is 1.29 bits per heavy atom. The lowest BCUT2D eigenvalue weighted by molar-refractivity contribution is -0.148. The van der Waals surface area contributed by atoms with Crippen molar-refractivity contribution in [1.29, 1.82) is 0 Å². The number of alkyl halides is 3. The molecule has 0 saturated heterocycles. The molecule has 2 N–H and O–H groups in total. The summed E-state index contributed by atoms with van der Waals surface area (Å²) >= 11 is 3.01. The number of hydrogen-bond donors (Lipinski definition) is 2. The summed E-state index contributed by atoms with van der Waals surface area (Å²) in [5.41, 5.74) is -2.57. The highest BCUT2D eigenvalue weighted by Crippen LogP contribution is 2.34.